The van der Waals surface area contributed by atoms with E-state index in [1.807, 2.05) is 12.1 Å². The fraction of sp³-hybridized carbons (Fsp3) is 0.545. The summed E-state index contributed by atoms with van der Waals surface area (Å²) >= 11 is 0. The molecule has 0 saturated heterocycles. The molecule has 3 heteroatoms. The Balaban J connectivity index is 1.80. The summed E-state index contributed by atoms with van der Waals surface area (Å²) in [6.45, 7) is 0.648. The SMILES string of the molecule is OC(CNC1CCC1)c1ccncc1. The van der Waals surface area contributed by atoms with Crippen LogP contribution in [0.4, 0.5) is 0 Å². The maximum Gasteiger partial charge on any atom is 0.0915 e. The highest BCUT2D eigenvalue weighted by molar-refractivity contribution is 5.13. The van der Waals surface area contributed by atoms with Gasteiger partial charge in [0.25, 0.3) is 0 Å². The highest BCUT2D eigenvalue weighted by Gasteiger charge is 2.17. The van der Waals surface area contributed by atoms with Gasteiger partial charge in [-0.15, -0.1) is 0 Å². The molecule has 1 saturated carbocycles. The molecule has 2 rings (SSSR count). The Morgan fingerprint density at radius 3 is 2.71 bits per heavy atom. The van der Waals surface area contributed by atoms with Gasteiger partial charge in [0.05, 0.1) is 6.10 Å². The van der Waals surface area contributed by atoms with Crippen molar-refractivity contribution in [1.82, 2.24) is 10.3 Å². The quantitative estimate of drug-likeness (QED) is 0.754. The monoisotopic (exact) mass is 192 g/mol. The molecule has 14 heavy (non-hydrogen) atoms. The van der Waals surface area contributed by atoms with Crippen molar-refractivity contribution in [3.63, 3.8) is 0 Å². The second-order valence-corrected chi connectivity index (χ2v) is 3.83. The Morgan fingerprint density at radius 1 is 1.43 bits per heavy atom. The van der Waals surface area contributed by atoms with Gasteiger partial charge in [-0.3, -0.25) is 4.98 Å². The van der Waals surface area contributed by atoms with E-state index in [2.05, 4.69) is 10.3 Å². The van der Waals surface area contributed by atoms with E-state index in [9.17, 15) is 5.11 Å². The van der Waals surface area contributed by atoms with Gasteiger partial charge >= 0.3 is 0 Å². The highest BCUT2D eigenvalue weighted by atomic mass is 16.3. The molecule has 1 atom stereocenters. The lowest BCUT2D eigenvalue weighted by molar-refractivity contribution is 0.161. The fourth-order valence-corrected chi connectivity index (χ4v) is 1.59. The number of nitrogens with one attached hydrogen (secondary N) is 1. The molecule has 3 nitrogen and oxygen atoms in total. The molecule has 0 amide bonds. The average Bonchev–Trinajstić information content (AvgIpc) is 2.16. The zero-order valence-electron chi connectivity index (χ0n) is 8.19. The third kappa shape index (κ3) is 2.30. The number of aliphatic hydroxyl groups excluding tert-OH is 1. The Kier molecular flexibility index (Phi) is 3.11. The maximum atomic E-state index is 9.80. The summed E-state index contributed by atoms with van der Waals surface area (Å²) in [6.07, 6.45) is 6.84. The van der Waals surface area contributed by atoms with Crippen LogP contribution in [-0.2, 0) is 0 Å². The van der Waals surface area contributed by atoms with Gasteiger partial charge in [0.2, 0.25) is 0 Å². The lowest BCUT2D eigenvalue weighted by atomic mass is 9.93. The first-order chi connectivity index (χ1) is 6.86. The van der Waals surface area contributed by atoms with Crippen molar-refractivity contribution in [2.45, 2.75) is 31.4 Å². The predicted molar refractivity (Wildman–Crippen MR) is 54.8 cm³/mol. The summed E-state index contributed by atoms with van der Waals surface area (Å²) in [6, 6.07) is 4.34. The minimum absolute atomic E-state index is 0.404. The van der Waals surface area contributed by atoms with Gasteiger partial charge in [-0.2, -0.15) is 0 Å². The minimum atomic E-state index is -0.404. The first-order valence-electron chi connectivity index (χ1n) is 5.17. The summed E-state index contributed by atoms with van der Waals surface area (Å²) in [5, 5.41) is 13.1. The van der Waals surface area contributed by atoms with Gasteiger partial charge in [0.1, 0.15) is 0 Å². The van der Waals surface area contributed by atoms with Crippen LogP contribution in [0.25, 0.3) is 0 Å². The van der Waals surface area contributed by atoms with E-state index >= 15 is 0 Å². The Morgan fingerprint density at radius 2 is 2.14 bits per heavy atom. The van der Waals surface area contributed by atoms with Crippen molar-refractivity contribution >= 4 is 0 Å². The maximum absolute atomic E-state index is 9.80. The predicted octanol–water partition coefficient (Wildman–Crippen LogP) is 1.26. The molecule has 0 spiro atoms. The minimum Gasteiger partial charge on any atom is -0.387 e. The molecule has 76 valence electrons. The van der Waals surface area contributed by atoms with Gasteiger partial charge in [-0.05, 0) is 30.5 Å². The molecular formula is C11H16N2O. The Hall–Kier alpha value is -0.930. The topological polar surface area (TPSA) is 45.1 Å². The summed E-state index contributed by atoms with van der Waals surface area (Å²) in [7, 11) is 0. The molecular weight excluding hydrogens is 176 g/mol. The third-order valence-electron chi connectivity index (χ3n) is 2.80. The first-order valence-corrected chi connectivity index (χ1v) is 5.17. The van der Waals surface area contributed by atoms with Crippen LogP contribution in [0.5, 0.6) is 0 Å². The molecule has 1 aromatic rings. The number of aliphatic hydroxyl groups is 1. The lowest BCUT2D eigenvalue weighted by Crippen LogP contribution is -2.37. The zero-order chi connectivity index (χ0) is 9.80. The van der Waals surface area contributed by atoms with E-state index in [4.69, 9.17) is 0 Å². The first kappa shape index (κ1) is 9.62. The van der Waals surface area contributed by atoms with Crippen LogP contribution in [0.15, 0.2) is 24.5 Å². The molecule has 0 aromatic carbocycles. The molecule has 1 aromatic heterocycles. The summed E-state index contributed by atoms with van der Waals surface area (Å²) in [5.74, 6) is 0. The molecule has 1 aliphatic rings. The Labute approximate surface area is 84.2 Å². The van der Waals surface area contributed by atoms with Crippen LogP contribution in [0.2, 0.25) is 0 Å². The van der Waals surface area contributed by atoms with E-state index in [1.54, 1.807) is 12.4 Å². The van der Waals surface area contributed by atoms with Crippen LogP contribution in [-0.4, -0.2) is 22.7 Å². The molecule has 0 radical (unpaired) electrons. The van der Waals surface area contributed by atoms with Crippen LogP contribution in [0, 0.1) is 0 Å². The number of pyridine rings is 1. The summed E-state index contributed by atoms with van der Waals surface area (Å²) in [4.78, 5) is 3.92. The zero-order valence-corrected chi connectivity index (χ0v) is 8.19. The Bertz CT molecular complexity index is 272. The van der Waals surface area contributed by atoms with Crippen molar-refractivity contribution < 1.29 is 5.11 Å². The second kappa shape index (κ2) is 4.53. The lowest BCUT2D eigenvalue weighted by Gasteiger charge is -2.27. The smallest absolute Gasteiger partial charge is 0.0915 e. The number of nitrogens with zero attached hydrogens (tertiary/aromatic N) is 1. The van der Waals surface area contributed by atoms with Crippen LogP contribution < -0.4 is 5.32 Å². The van der Waals surface area contributed by atoms with Gasteiger partial charge in [0.15, 0.2) is 0 Å². The van der Waals surface area contributed by atoms with E-state index in [-0.39, 0.29) is 0 Å². The van der Waals surface area contributed by atoms with Gasteiger partial charge in [-0.1, -0.05) is 6.42 Å². The van der Waals surface area contributed by atoms with Crippen LogP contribution in [0.1, 0.15) is 30.9 Å². The third-order valence-corrected chi connectivity index (χ3v) is 2.80. The van der Waals surface area contributed by atoms with Crippen LogP contribution >= 0.6 is 0 Å². The van der Waals surface area contributed by atoms with Crippen molar-refractivity contribution in [2.24, 2.45) is 0 Å². The van der Waals surface area contributed by atoms with Crippen molar-refractivity contribution in [1.29, 1.82) is 0 Å². The van der Waals surface area contributed by atoms with E-state index < -0.39 is 6.10 Å². The number of hydrogen-bond donors (Lipinski definition) is 2. The standard InChI is InChI=1S/C11H16N2O/c14-11(8-13-10-2-1-3-10)9-4-6-12-7-5-9/h4-7,10-11,13-14H,1-3,8H2. The fourth-order valence-electron chi connectivity index (χ4n) is 1.59. The van der Waals surface area contributed by atoms with Crippen molar-refractivity contribution in [3.8, 4) is 0 Å². The number of rotatable bonds is 4. The molecule has 1 heterocycles. The van der Waals surface area contributed by atoms with E-state index in [0.29, 0.717) is 12.6 Å². The van der Waals surface area contributed by atoms with Crippen molar-refractivity contribution in [2.75, 3.05) is 6.54 Å². The molecule has 2 N–H and O–H groups in total. The highest BCUT2D eigenvalue weighted by Crippen LogP contribution is 2.19. The normalized spacial score (nSPS) is 18.9. The summed E-state index contributed by atoms with van der Waals surface area (Å²) in [5.41, 5.74) is 0.937. The molecule has 0 bridgehead atoms. The summed E-state index contributed by atoms with van der Waals surface area (Å²) < 4.78 is 0. The molecule has 0 aliphatic heterocycles. The number of hydrogen-bond acceptors (Lipinski definition) is 3. The second-order valence-electron chi connectivity index (χ2n) is 3.83. The average molecular weight is 192 g/mol. The van der Waals surface area contributed by atoms with Gasteiger partial charge in [0, 0.05) is 25.0 Å². The molecule has 1 fully saturated rings. The van der Waals surface area contributed by atoms with E-state index in [1.165, 1.54) is 19.3 Å². The van der Waals surface area contributed by atoms with E-state index in [0.717, 1.165) is 5.56 Å². The molecule has 1 aliphatic carbocycles. The van der Waals surface area contributed by atoms with Crippen LogP contribution in [0.3, 0.4) is 0 Å². The van der Waals surface area contributed by atoms with Gasteiger partial charge < -0.3 is 10.4 Å². The number of aromatic nitrogens is 1. The molecule has 1 unspecified atom stereocenters. The van der Waals surface area contributed by atoms with Gasteiger partial charge in [-0.25, -0.2) is 0 Å². The largest absolute Gasteiger partial charge is 0.387 e. The van der Waals surface area contributed by atoms with Crippen molar-refractivity contribution in [3.05, 3.63) is 30.1 Å².